The molecule has 0 amide bonds. The van der Waals surface area contributed by atoms with Crippen LogP contribution in [0.4, 0.5) is 0 Å². The minimum atomic E-state index is 0.797. The van der Waals surface area contributed by atoms with Crippen molar-refractivity contribution in [1.29, 1.82) is 0 Å². The third-order valence-corrected chi connectivity index (χ3v) is 2.52. The van der Waals surface area contributed by atoms with Gasteiger partial charge in [0, 0.05) is 12.4 Å². The van der Waals surface area contributed by atoms with Crippen LogP contribution in [0.3, 0.4) is 0 Å². The zero-order chi connectivity index (χ0) is 12.2. The summed E-state index contributed by atoms with van der Waals surface area (Å²) in [5.41, 5.74) is 3.26. The van der Waals surface area contributed by atoms with E-state index in [1.165, 1.54) is 6.33 Å². The van der Waals surface area contributed by atoms with Gasteiger partial charge < -0.3 is 0 Å². The average Bonchev–Trinajstić information content (AvgIpc) is 2.49. The van der Waals surface area contributed by atoms with Crippen LogP contribution in [-0.4, -0.2) is 19.9 Å². The summed E-state index contributed by atoms with van der Waals surface area (Å²) in [6, 6.07) is 13.4. The van der Waals surface area contributed by atoms with Crippen molar-refractivity contribution >= 4 is 0 Å². The Morgan fingerprint density at radius 1 is 0.556 bits per heavy atom. The van der Waals surface area contributed by atoms with Crippen LogP contribution in [0.5, 0.6) is 0 Å². The van der Waals surface area contributed by atoms with Crippen molar-refractivity contribution in [3.05, 3.63) is 61.2 Å². The van der Waals surface area contributed by atoms with Crippen LogP contribution in [0.15, 0.2) is 61.2 Å². The van der Waals surface area contributed by atoms with Crippen molar-refractivity contribution in [3.63, 3.8) is 0 Å². The average molecular weight is 234 g/mol. The van der Waals surface area contributed by atoms with Crippen LogP contribution in [0.2, 0.25) is 0 Å². The van der Waals surface area contributed by atoms with Crippen LogP contribution in [0.1, 0.15) is 0 Å². The molecule has 4 heteroatoms. The van der Waals surface area contributed by atoms with Gasteiger partial charge in [-0.2, -0.15) is 0 Å². The molecule has 0 radical (unpaired) electrons. The molecule has 3 heterocycles. The van der Waals surface area contributed by atoms with E-state index in [-0.39, 0.29) is 0 Å². The van der Waals surface area contributed by atoms with Gasteiger partial charge in [-0.15, -0.1) is 0 Å². The standard InChI is InChI=1S/C14H10N4/c1-3-7-15-11(5-1)13-9-14(18-10-17-13)12-6-2-4-8-16-12/h1-10H. The molecule has 0 N–H and O–H groups in total. The molecule has 0 fully saturated rings. The second kappa shape index (κ2) is 4.71. The van der Waals surface area contributed by atoms with Crippen LogP contribution >= 0.6 is 0 Å². The van der Waals surface area contributed by atoms with Crippen molar-refractivity contribution in [1.82, 2.24) is 19.9 Å². The summed E-state index contributed by atoms with van der Waals surface area (Å²) in [4.78, 5) is 17.0. The Morgan fingerprint density at radius 3 is 1.56 bits per heavy atom. The highest BCUT2D eigenvalue weighted by molar-refractivity contribution is 5.62. The van der Waals surface area contributed by atoms with Crippen molar-refractivity contribution in [2.75, 3.05) is 0 Å². The summed E-state index contributed by atoms with van der Waals surface area (Å²) in [5, 5.41) is 0. The van der Waals surface area contributed by atoms with Crippen molar-refractivity contribution in [3.8, 4) is 22.8 Å². The van der Waals surface area contributed by atoms with Crippen molar-refractivity contribution < 1.29 is 0 Å². The van der Waals surface area contributed by atoms with Crippen LogP contribution in [-0.2, 0) is 0 Å². The van der Waals surface area contributed by atoms with Gasteiger partial charge in [0.1, 0.15) is 6.33 Å². The molecule has 0 aliphatic heterocycles. The quantitative estimate of drug-likeness (QED) is 0.684. The molecule has 0 aliphatic carbocycles. The van der Waals surface area contributed by atoms with Crippen LogP contribution < -0.4 is 0 Å². The van der Waals surface area contributed by atoms with Gasteiger partial charge in [-0.05, 0) is 30.3 Å². The molecule has 86 valence electrons. The molecule has 0 spiro atoms. The molecule has 0 aromatic carbocycles. The maximum absolute atomic E-state index is 4.27. The molecule has 0 unspecified atom stereocenters. The smallest absolute Gasteiger partial charge is 0.116 e. The Kier molecular flexibility index (Phi) is 2.75. The van der Waals surface area contributed by atoms with Gasteiger partial charge in [0.2, 0.25) is 0 Å². The molecule has 3 aromatic rings. The number of hydrogen-bond donors (Lipinski definition) is 0. The predicted octanol–water partition coefficient (Wildman–Crippen LogP) is 2.60. The van der Waals surface area contributed by atoms with Crippen molar-refractivity contribution in [2.45, 2.75) is 0 Å². The van der Waals surface area contributed by atoms with Gasteiger partial charge >= 0.3 is 0 Å². The summed E-state index contributed by atoms with van der Waals surface area (Å²) in [6.07, 6.45) is 5.03. The first-order valence-corrected chi connectivity index (χ1v) is 5.58. The van der Waals surface area contributed by atoms with Crippen LogP contribution in [0, 0.1) is 0 Å². The fraction of sp³-hybridized carbons (Fsp3) is 0. The summed E-state index contributed by atoms with van der Waals surface area (Å²) in [5.74, 6) is 0. The predicted molar refractivity (Wildman–Crippen MR) is 68.5 cm³/mol. The first-order chi connectivity index (χ1) is 8.93. The number of aromatic nitrogens is 4. The monoisotopic (exact) mass is 234 g/mol. The Labute approximate surface area is 104 Å². The zero-order valence-corrected chi connectivity index (χ0v) is 9.56. The molecular weight excluding hydrogens is 224 g/mol. The highest BCUT2D eigenvalue weighted by Gasteiger charge is 2.04. The lowest BCUT2D eigenvalue weighted by atomic mass is 10.2. The van der Waals surface area contributed by atoms with E-state index in [0.29, 0.717) is 0 Å². The Hall–Kier alpha value is -2.62. The number of rotatable bonds is 2. The zero-order valence-electron chi connectivity index (χ0n) is 9.56. The number of pyridine rings is 2. The van der Waals surface area contributed by atoms with Gasteiger partial charge in [0.25, 0.3) is 0 Å². The van der Waals surface area contributed by atoms with Crippen LogP contribution in [0.25, 0.3) is 22.8 Å². The third-order valence-electron chi connectivity index (χ3n) is 2.52. The van der Waals surface area contributed by atoms with Gasteiger partial charge in [-0.1, -0.05) is 12.1 Å². The maximum Gasteiger partial charge on any atom is 0.116 e. The van der Waals surface area contributed by atoms with E-state index < -0.39 is 0 Å². The topological polar surface area (TPSA) is 51.6 Å². The van der Waals surface area contributed by atoms with E-state index in [1.807, 2.05) is 42.5 Å². The Bertz CT molecular complexity index is 583. The van der Waals surface area contributed by atoms with E-state index >= 15 is 0 Å². The molecular formula is C14H10N4. The summed E-state index contributed by atoms with van der Waals surface area (Å²) in [7, 11) is 0. The molecule has 3 aromatic heterocycles. The van der Waals surface area contributed by atoms with Gasteiger partial charge in [0.15, 0.2) is 0 Å². The number of nitrogens with zero attached hydrogens (tertiary/aromatic N) is 4. The fourth-order valence-electron chi connectivity index (χ4n) is 1.67. The normalized spacial score (nSPS) is 10.2. The molecule has 0 saturated heterocycles. The fourth-order valence-corrected chi connectivity index (χ4v) is 1.67. The van der Waals surface area contributed by atoms with E-state index in [9.17, 15) is 0 Å². The van der Waals surface area contributed by atoms with Crippen molar-refractivity contribution in [2.24, 2.45) is 0 Å². The molecule has 0 saturated carbocycles. The van der Waals surface area contributed by atoms with E-state index in [4.69, 9.17) is 0 Å². The Balaban J connectivity index is 2.05. The minimum absolute atomic E-state index is 0.797. The molecule has 0 atom stereocenters. The summed E-state index contributed by atoms with van der Waals surface area (Å²) >= 11 is 0. The largest absolute Gasteiger partial charge is 0.255 e. The molecule has 4 nitrogen and oxygen atoms in total. The van der Waals surface area contributed by atoms with Gasteiger partial charge in [-0.25, -0.2) is 9.97 Å². The lowest BCUT2D eigenvalue weighted by Gasteiger charge is -2.02. The lowest BCUT2D eigenvalue weighted by Crippen LogP contribution is -1.92. The van der Waals surface area contributed by atoms with Gasteiger partial charge in [0.05, 0.1) is 22.8 Å². The maximum atomic E-state index is 4.27. The molecule has 3 rings (SSSR count). The molecule has 18 heavy (non-hydrogen) atoms. The minimum Gasteiger partial charge on any atom is -0.255 e. The first-order valence-electron chi connectivity index (χ1n) is 5.58. The highest BCUT2D eigenvalue weighted by Crippen LogP contribution is 2.19. The highest BCUT2D eigenvalue weighted by atomic mass is 14.9. The second-order valence-corrected chi connectivity index (χ2v) is 3.72. The first kappa shape index (κ1) is 10.5. The lowest BCUT2D eigenvalue weighted by molar-refractivity contribution is 1.14. The van der Waals surface area contributed by atoms with Gasteiger partial charge in [-0.3, -0.25) is 9.97 Å². The Morgan fingerprint density at radius 2 is 1.11 bits per heavy atom. The molecule has 0 aliphatic rings. The SMILES string of the molecule is c1ccc(-c2cc(-c3ccccn3)ncn2)nc1. The summed E-state index contributed by atoms with van der Waals surface area (Å²) in [6.45, 7) is 0. The summed E-state index contributed by atoms with van der Waals surface area (Å²) < 4.78 is 0. The van der Waals surface area contributed by atoms with E-state index in [0.717, 1.165) is 22.8 Å². The second-order valence-electron chi connectivity index (χ2n) is 3.72. The van der Waals surface area contributed by atoms with E-state index in [2.05, 4.69) is 19.9 Å². The number of hydrogen-bond acceptors (Lipinski definition) is 4. The third kappa shape index (κ3) is 2.08. The van der Waals surface area contributed by atoms with E-state index in [1.54, 1.807) is 12.4 Å². The molecule has 0 bridgehead atoms.